The van der Waals surface area contributed by atoms with Gasteiger partial charge in [-0.25, -0.2) is 13.2 Å². The Morgan fingerprint density at radius 3 is 1.68 bits per heavy atom. The third-order valence-corrected chi connectivity index (χ3v) is 8.10. The molecule has 40 heavy (non-hydrogen) atoms. The molecule has 0 N–H and O–H groups in total. The number of carbonyl (C=O) groups excluding carboxylic acids is 1. The minimum absolute atomic E-state index is 0.0726. The van der Waals surface area contributed by atoms with E-state index in [9.17, 15) is 18.0 Å². The first-order chi connectivity index (χ1) is 18.7. The van der Waals surface area contributed by atoms with Crippen molar-refractivity contribution in [3.63, 3.8) is 0 Å². The zero-order valence-electron chi connectivity index (χ0n) is 21.8. The van der Waals surface area contributed by atoms with Crippen molar-refractivity contribution in [2.45, 2.75) is 46.6 Å². The van der Waals surface area contributed by atoms with E-state index in [0.717, 1.165) is 10.8 Å². The van der Waals surface area contributed by atoms with Crippen LogP contribution >= 0.6 is 0 Å². The zero-order valence-corrected chi connectivity index (χ0v) is 23.5. The number of carbonyl (C=O) groups is 1. The first kappa shape index (κ1) is 31.2. The predicted octanol–water partition coefficient (Wildman–Crippen LogP) is 6.92. The summed E-state index contributed by atoms with van der Waals surface area (Å²) in [5.74, 6) is -0.378. The molecule has 0 fully saturated rings. The van der Waals surface area contributed by atoms with Gasteiger partial charge in [-0.2, -0.15) is 13.2 Å². The van der Waals surface area contributed by atoms with E-state index >= 15 is 0 Å². The molecular formula is C29H27F3O6S2. The highest BCUT2D eigenvalue weighted by Crippen LogP contribution is 2.36. The Morgan fingerprint density at radius 1 is 0.775 bits per heavy atom. The van der Waals surface area contributed by atoms with E-state index < -0.39 is 15.6 Å². The van der Waals surface area contributed by atoms with Gasteiger partial charge in [-0.3, -0.25) is 0 Å². The lowest BCUT2D eigenvalue weighted by Gasteiger charge is -2.19. The maximum Gasteiger partial charge on any atom is 0.485 e. The van der Waals surface area contributed by atoms with Gasteiger partial charge in [0.1, 0.15) is 0 Å². The standard InChI is InChI=1S/C28H27O3S.CHF3O3S/c1-28(2,3)31-20-30-27(29)25-18-19-26(24-17-11-10-16-23(24)25)32(21-12-6-4-7-13-21)22-14-8-5-9-15-22;2-1(3,4)8(5,6)7/h4-19H,20H2,1-3H3;(H,5,6,7)/q+1;/p-1. The fourth-order valence-corrected chi connectivity index (χ4v) is 5.71. The fraction of sp³-hybridized carbons (Fsp3) is 0.207. The van der Waals surface area contributed by atoms with Crippen molar-refractivity contribution >= 4 is 37.8 Å². The highest BCUT2D eigenvalue weighted by atomic mass is 32.2. The molecular weight excluding hydrogens is 565 g/mol. The summed E-state index contributed by atoms with van der Waals surface area (Å²) in [6.07, 6.45) is 0. The lowest BCUT2D eigenvalue weighted by atomic mass is 10.0. The van der Waals surface area contributed by atoms with Crippen LogP contribution in [0.3, 0.4) is 0 Å². The number of fused-ring (bicyclic) bond motifs is 1. The lowest BCUT2D eigenvalue weighted by molar-refractivity contribution is -0.0964. The molecule has 0 amide bonds. The molecule has 0 aliphatic heterocycles. The van der Waals surface area contributed by atoms with Crippen LogP contribution in [0.1, 0.15) is 31.1 Å². The van der Waals surface area contributed by atoms with Crippen LogP contribution in [-0.4, -0.2) is 36.8 Å². The number of benzene rings is 4. The van der Waals surface area contributed by atoms with Gasteiger partial charge in [-0.05, 0) is 63.2 Å². The molecule has 0 bridgehead atoms. The van der Waals surface area contributed by atoms with Gasteiger partial charge in [0.05, 0.1) is 22.1 Å². The van der Waals surface area contributed by atoms with Gasteiger partial charge in [-0.1, -0.05) is 54.6 Å². The molecule has 0 atom stereocenters. The average Bonchev–Trinajstić information content (AvgIpc) is 2.88. The molecule has 0 spiro atoms. The first-order valence-corrected chi connectivity index (χ1v) is 14.5. The molecule has 0 unspecified atom stereocenters. The van der Waals surface area contributed by atoms with Crippen molar-refractivity contribution in [1.82, 2.24) is 0 Å². The van der Waals surface area contributed by atoms with Gasteiger partial charge in [0.25, 0.3) is 0 Å². The maximum absolute atomic E-state index is 12.9. The molecule has 212 valence electrons. The summed E-state index contributed by atoms with van der Waals surface area (Å²) in [5.41, 5.74) is -5.47. The van der Waals surface area contributed by atoms with E-state index in [1.54, 1.807) is 0 Å². The van der Waals surface area contributed by atoms with Crippen molar-refractivity contribution in [1.29, 1.82) is 0 Å². The van der Waals surface area contributed by atoms with Gasteiger partial charge in [0.15, 0.2) is 31.6 Å². The largest absolute Gasteiger partial charge is 0.741 e. The average molecular weight is 593 g/mol. The zero-order chi connectivity index (χ0) is 29.6. The van der Waals surface area contributed by atoms with E-state index in [4.69, 9.17) is 22.4 Å². The monoisotopic (exact) mass is 592 g/mol. The molecule has 0 aliphatic rings. The van der Waals surface area contributed by atoms with Crippen molar-refractivity contribution in [3.8, 4) is 0 Å². The van der Waals surface area contributed by atoms with Gasteiger partial charge in [-0.15, -0.1) is 0 Å². The van der Waals surface area contributed by atoms with Crippen LogP contribution in [0.15, 0.2) is 112 Å². The minimum atomic E-state index is -6.09. The van der Waals surface area contributed by atoms with E-state index in [1.807, 2.05) is 57.2 Å². The number of rotatable bonds is 6. The Hall–Kier alpha value is -3.38. The number of esters is 1. The van der Waals surface area contributed by atoms with E-state index in [0.29, 0.717) is 5.56 Å². The Kier molecular flexibility index (Phi) is 10.0. The number of halogens is 3. The molecule has 0 saturated heterocycles. The van der Waals surface area contributed by atoms with E-state index in [1.165, 1.54) is 14.7 Å². The van der Waals surface area contributed by atoms with Crippen LogP contribution in [0, 0.1) is 0 Å². The molecule has 0 aromatic heterocycles. The van der Waals surface area contributed by atoms with Crippen molar-refractivity contribution in [2.24, 2.45) is 0 Å². The van der Waals surface area contributed by atoms with Crippen LogP contribution < -0.4 is 0 Å². The van der Waals surface area contributed by atoms with Crippen LogP contribution in [0.4, 0.5) is 13.2 Å². The molecule has 11 heteroatoms. The van der Waals surface area contributed by atoms with Crippen molar-refractivity contribution < 1.29 is 40.4 Å². The molecule has 6 nitrogen and oxygen atoms in total. The summed E-state index contributed by atoms with van der Waals surface area (Å²) in [6, 6.07) is 33.0. The molecule has 0 aliphatic carbocycles. The minimum Gasteiger partial charge on any atom is -0.741 e. The lowest BCUT2D eigenvalue weighted by Crippen LogP contribution is -2.22. The Morgan fingerprint density at radius 2 is 1.23 bits per heavy atom. The Balaban J connectivity index is 0.000000482. The van der Waals surface area contributed by atoms with E-state index in [2.05, 4.69) is 60.7 Å². The number of hydrogen-bond donors (Lipinski definition) is 0. The normalized spacial score (nSPS) is 12.1. The smallest absolute Gasteiger partial charge is 0.485 e. The molecule has 0 radical (unpaired) electrons. The van der Waals surface area contributed by atoms with Crippen LogP contribution in [0.2, 0.25) is 0 Å². The van der Waals surface area contributed by atoms with Gasteiger partial charge in [0, 0.05) is 10.8 Å². The Bertz CT molecular complexity index is 1500. The van der Waals surface area contributed by atoms with Gasteiger partial charge < -0.3 is 14.0 Å². The van der Waals surface area contributed by atoms with Crippen molar-refractivity contribution in [2.75, 3.05) is 6.79 Å². The summed E-state index contributed by atoms with van der Waals surface area (Å²) in [6.45, 7) is 5.72. The first-order valence-electron chi connectivity index (χ1n) is 11.9. The summed E-state index contributed by atoms with van der Waals surface area (Å²) >= 11 is 0. The second-order valence-electron chi connectivity index (χ2n) is 9.30. The fourth-order valence-electron chi connectivity index (χ4n) is 3.47. The summed E-state index contributed by atoms with van der Waals surface area (Å²) in [5, 5.41) is 1.94. The number of alkyl halides is 3. The summed E-state index contributed by atoms with van der Waals surface area (Å²) < 4.78 is 69.9. The van der Waals surface area contributed by atoms with Crippen LogP contribution in [0.25, 0.3) is 10.8 Å². The third-order valence-electron chi connectivity index (χ3n) is 5.25. The SMILES string of the molecule is CC(C)(C)OCOC(=O)c1ccc([S+](c2ccccc2)c2ccccc2)c2ccccc12.O=S(=O)([O-])C(F)(F)F. The number of ether oxygens (including phenoxy) is 2. The van der Waals surface area contributed by atoms with Crippen molar-refractivity contribution in [3.05, 3.63) is 103 Å². The highest BCUT2D eigenvalue weighted by Gasteiger charge is 2.37. The third kappa shape index (κ3) is 8.31. The quantitative estimate of drug-likeness (QED) is 0.0794. The van der Waals surface area contributed by atoms with Crippen LogP contribution in [-0.2, 0) is 30.5 Å². The van der Waals surface area contributed by atoms with Crippen LogP contribution in [0.5, 0.6) is 0 Å². The summed E-state index contributed by atoms with van der Waals surface area (Å²) in [7, 11) is -6.39. The molecule has 4 aromatic rings. The van der Waals surface area contributed by atoms with Gasteiger partial charge >= 0.3 is 11.5 Å². The van der Waals surface area contributed by atoms with Gasteiger partial charge in [0.2, 0.25) is 0 Å². The predicted molar refractivity (Wildman–Crippen MR) is 146 cm³/mol. The molecule has 4 aromatic carbocycles. The Labute approximate surface area is 233 Å². The second kappa shape index (κ2) is 12.9. The highest BCUT2D eigenvalue weighted by molar-refractivity contribution is 7.97. The molecule has 0 saturated carbocycles. The summed E-state index contributed by atoms with van der Waals surface area (Å²) in [4.78, 5) is 16.5. The molecule has 4 rings (SSSR count). The van der Waals surface area contributed by atoms with E-state index in [-0.39, 0.29) is 29.3 Å². The maximum atomic E-state index is 12.9. The topological polar surface area (TPSA) is 92.7 Å². The molecule has 0 heterocycles. The second-order valence-corrected chi connectivity index (χ2v) is 12.7. The number of hydrogen-bond acceptors (Lipinski definition) is 6.